The second-order valence-corrected chi connectivity index (χ2v) is 5.82. The van der Waals surface area contributed by atoms with Gasteiger partial charge in [-0.15, -0.1) is 0 Å². The fourth-order valence-corrected chi connectivity index (χ4v) is 2.22. The number of hydrogen-bond donors (Lipinski definition) is 1. The summed E-state index contributed by atoms with van der Waals surface area (Å²) in [6, 6.07) is 6.81. The molecular formula is C18H14ClF3N2O4. The van der Waals surface area contributed by atoms with E-state index in [4.69, 9.17) is 16.3 Å². The van der Waals surface area contributed by atoms with Gasteiger partial charge in [-0.3, -0.25) is 4.79 Å². The molecule has 0 atom stereocenters. The molecule has 6 nitrogen and oxygen atoms in total. The van der Waals surface area contributed by atoms with Gasteiger partial charge in [0.15, 0.2) is 0 Å². The van der Waals surface area contributed by atoms with Crippen LogP contribution in [0.2, 0.25) is 5.02 Å². The Kier molecular flexibility index (Phi) is 6.63. The number of rotatable bonds is 5. The summed E-state index contributed by atoms with van der Waals surface area (Å²) in [6.07, 6.45) is -2.55. The molecule has 1 aromatic carbocycles. The zero-order chi connectivity index (χ0) is 20.9. The Morgan fingerprint density at radius 3 is 2.36 bits per heavy atom. The number of pyridine rings is 1. The molecule has 1 N–H and O–H groups in total. The lowest BCUT2D eigenvalue weighted by Crippen LogP contribution is -2.25. The van der Waals surface area contributed by atoms with E-state index in [9.17, 15) is 22.8 Å². The highest BCUT2D eigenvalue weighted by Gasteiger charge is 2.31. The SMILES string of the molecule is COC(=O)/C(=C/c1ccc(Oc2ncc(C(F)(F)F)cc2Cl)cc1)NC(C)=O. The quantitative estimate of drug-likeness (QED) is 0.586. The zero-order valence-electron chi connectivity index (χ0n) is 14.6. The first-order valence-corrected chi connectivity index (χ1v) is 8.06. The summed E-state index contributed by atoms with van der Waals surface area (Å²) in [5.41, 5.74) is -0.511. The monoisotopic (exact) mass is 414 g/mol. The van der Waals surface area contributed by atoms with Crippen LogP contribution in [0.3, 0.4) is 0 Å². The zero-order valence-corrected chi connectivity index (χ0v) is 15.4. The number of esters is 1. The highest BCUT2D eigenvalue weighted by molar-refractivity contribution is 6.31. The number of carbonyl (C=O) groups is 2. The van der Waals surface area contributed by atoms with E-state index in [0.717, 1.165) is 6.07 Å². The van der Waals surface area contributed by atoms with Crippen molar-refractivity contribution in [2.75, 3.05) is 7.11 Å². The molecule has 0 unspecified atom stereocenters. The van der Waals surface area contributed by atoms with Crippen molar-refractivity contribution >= 4 is 29.6 Å². The van der Waals surface area contributed by atoms with Crippen molar-refractivity contribution in [2.45, 2.75) is 13.1 Å². The molecule has 28 heavy (non-hydrogen) atoms. The fourth-order valence-electron chi connectivity index (χ4n) is 2.01. The number of benzene rings is 1. The molecule has 0 spiro atoms. The summed E-state index contributed by atoms with van der Waals surface area (Å²) in [6.45, 7) is 1.24. The predicted octanol–water partition coefficient (Wildman–Crippen LogP) is 4.20. The third kappa shape index (κ3) is 5.71. The van der Waals surface area contributed by atoms with E-state index in [0.29, 0.717) is 11.8 Å². The van der Waals surface area contributed by atoms with Gasteiger partial charge in [-0.05, 0) is 29.8 Å². The maximum atomic E-state index is 12.6. The predicted molar refractivity (Wildman–Crippen MR) is 94.6 cm³/mol. The largest absolute Gasteiger partial charge is 0.464 e. The van der Waals surface area contributed by atoms with E-state index < -0.39 is 23.6 Å². The second kappa shape index (κ2) is 8.75. The van der Waals surface area contributed by atoms with Crippen LogP contribution in [0.1, 0.15) is 18.1 Å². The number of nitrogens with one attached hydrogen (secondary N) is 1. The lowest BCUT2D eigenvalue weighted by atomic mass is 10.2. The smallest absolute Gasteiger partial charge is 0.417 e. The van der Waals surface area contributed by atoms with Crippen molar-refractivity contribution in [3.63, 3.8) is 0 Å². The normalized spacial score (nSPS) is 11.7. The van der Waals surface area contributed by atoms with Crippen LogP contribution in [0.5, 0.6) is 11.6 Å². The molecule has 0 fully saturated rings. The van der Waals surface area contributed by atoms with E-state index in [-0.39, 0.29) is 22.3 Å². The summed E-state index contributed by atoms with van der Waals surface area (Å²) >= 11 is 5.80. The van der Waals surface area contributed by atoms with Crippen LogP contribution in [-0.4, -0.2) is 24.0 Å². The number of amides is 1. The highest BCUT2D eigenvalue weighted by Crippen LogP contribution is 2.34. The molecule has 2 rings (SSSR count). The molecular weight excluding hydrogens is 401 g/mol. The van der Waals surface area contributed by atoms with Gasteiger partial charge in [0, 0.05) is 13.1 Å². The summed E-state index contributed by atoms with van der Waals surface area (Å²) < 4.78 is 47.9. The average molecular weight is 415 g/mol. The summed E-state index contributed by atoms with van der Waals surface area (Å²) in [5.74, 6) is -1.10. The van der Waals surface area contributed by atoms with Crippen LogP contribution < -0.4 is 10.1 Å². The van der Waals surface area contributed by atoms with Crippen LogP contribution in [0, 0.1) is 0 Å². The van der Waals surface area contributed by atoms with E-state index in [1.165, 1.54) is 32.2 Å². The fraction of sp³-hybridized carbons (Fsp3) is 0.167. The van der Waals surface area contributed by atoms with Gasteiger partial charge < -0.3 is 14.8 Å². The molecule has 148 valence electrons. The molecule has 0 aliphatic carbocycles. The summed E-state index contributed by atoms with van der Waals surface area (Å²) in [4.78, 5) is 26.4. The Morgan fingerprint density at radius 1 is 1.21 bits per heavy atom. The first-order chi connectivity index (χ1) is 13.1. The molecule has 1 heterocycles. The topological polar surface area (TPSA) is 77.5 Å². The lowest BCUT2D eigenvalue weighted by molar-refractivity contribution is -0.138. The van der Waals surface area contributed by atoms with Gasteiger partial charge in [-0.1, -0.05) is 23.7 Å². The Labute approximate surface area is 162 Å². The third-order valence-corrected chi connectivity index (χ3v) is 3.53. The van der Waals surface area contributed by atoms with E-state index >= 15 is 0 Å². The van der Waals surface area contributed by atoms with Crippen LogP contribution in [-0.2, 0) is 20.5 Å². The van der Waals surface area contributed by atoms with Crippen molar-refractivity contribution in [1.82, 2.24) is 10.3 Å². The van der Waals surface area contributed by atoms with Gasteiger partial charge in [0.2, 0.25) is 11.8 Å². The number of hydrogen-bond acceptors (Lipinski definition) is 5. The van der Waals surface area contributed by atoms with Gasteiger partial charge in [0.05, 0.1) is 12.7 Å². The van der Waals surface area contributed by atoms with Crippen molar-refractivity contribution in [2.24, 2.45) is 0 Å². The maximum absolute atomic E-state index is 12.6. The molecule has 1 amide bonds. The Balaban J connectivity index is 2.19. The number of methoxy groups -OCH3 is 1. The first-order valence-electron chi connectivity index (χ1n) is 7.68. The van der Waals surface area contributed by atoms with Crippen LogP contribution >= 0.6 is 11.6 Å². The molecule has 10 heteroatoms. The molecule has 0 saturated carbocycles. The Hall–Kier alpha value is -3.07. The number of ether oxygens (including phenoxy) is 2. The van der Waals surface area contributed by atoms with Gasteiger partial charge in [0.25, 0.3) is 0 Å². The number of aromatic nitrogens is 1. The number of nitrogens with zero attached hydrogens (tertiary/aromatic N) is 1. The van der Waals surface area contributed by atoms with Crippen molar-refractivity contribution < 1.29 is 32.2 Å². The molecule has 1 aromatic heterocycles. The standard InChI is InChI=1S/C18H14ClF3N2O4/c1-10(25)24-15(17(26)27-2)7-11-3-5-13(6-4-11)28-16-14(19)8-12(9-23-16)18(20,21)22/h3-9H,1-2H3,(H,24,25)/b15-7-. The van der Waals surface area contributed by atoms with E-state index in [1.807, 2.05) is 0 Å². The minimum atomic E-state index is -4.56. The minimum Gasteiger partial charge on any atom is -0.464 e. The number of carbonyl (C=O) groups excluding carboxylic acids is 2. The maximum Gasteiger partial charge on any atom is 0.417 e. The van der Waals surface area contributed by atoms with Gasteiger partial charge in [-0.25, -0.2) is 9.78 Å². The van der Waals surface area contributed by atoms with Crippen LogP contribution in [0.15, 0.2) is 42.2 Å². The molecule has 0 aliphatic heterocycles. The van der Waals surface area contributed by atoms with E-state index in [2.05, 4.69) is 15.0 Å². The van der Waals surface area contributed by atoms with Crippen LogP contribution in [0.25, 0.3) is 6.08 Å². The van der Waals surface area contributed by atoms with E-state index in [1.54, 1.807) is 12.1 Å². The Bertz CT molecular complexity index is 912. The summed E-state index contributed by atoms with van der Waals surface area (Å²) in [7, 11) is 1.18. The van der Waals surface area contributed by atoms with Crippen molar-refractivity contribution in [3.8, 4) is 11.6 Å². The summed E-state index contributed by atoms with van der Waals surface area (Å²) in [5, 5.41) is 2.06. The Morgan fingerprint density at radius 2 is 1.86 bits per heavy atom. The van der Waals surface area contributed by atoms with Crippen molar-refractivity contribution in [3.05, 3.63) is 58.4 Å². The molecule has 0 saturated heterocycles. The van der Waals surface area contributed by atoms with Crippen molar-refractivity contribution in [1.29, 1.82) is 0 Å². The number of alkyl halides is 3. The minimum absolute atomic E-state index is 0.0591. The molecule has 0 radical (unpaired) electrons. The average Bonchev–Trinajstić information content (AvgIpc) is 2.62. The first kappa shape index (κ1) is 21.2. The third-order valence-electron chi connectivity index (χ3n) is 3.26. The van der Waals surface area contributed by atoms with Gasteiger partial charge >= 0.3 is 12.1 Å². The van der Waals surface area contributed by atoms with Crippen LogP contribution in [0.4, 0.5) is 13.2 Å². The molecule has 0 aliphatic rings. The second-order valence-electron chi connectivity index (χ2n) is 5.41. The highest BCUT2D eigenvalue weighted by atomic mass is 35.5. The molecule has 2 aromatic rings. The van der Waals surface area contributed by atoms with Gasteiger partial charge in [0.1, 0.15) is 16.5 Å². The van der Waals surface area contributed by atoms with Gasteiger partial charge in [-0.2, -0.15) is 13.2 Å². The molecule has 0 bridgehead atoms. The number of halogens is 4. The lowest BCUT2D eigenvalue weighted by Gasteiger charge is -2.10.